The summed E-state index contributed by atoms with van der Waals surface area (Å²) in [5, 5.41) is 17.9. The van der Waals surface area contributed by atoms with Gasteiger partial charge in [0, 0.05) is 25.9 Å². The number of pyridine rings is 1. The number of hydrogen-bond acceptors (Lipinski definition) is 5. The normalized spacial score (nSPS) is 14.8. The van der Waals surface area contributed by atoms with Crippen LogP contribution in [0, 0.1) is 22.7 Å². The van der Waals surface area contributed by atoms with Gasteiger partial charge in [-0.15, -0.1) is 0 Å². The van der Waals surface area contributed by atoms with Gasteiger partial charge in [-0.1, -0.05) is 12.1 Å². The molecule has 1 aromatic carbocycles. The quantitative estimate of drug-likeness (QED) is 0.871. The molecule has 0 N–H and O–H groups in total. The first-order valence-corrected chi connectivity index (χ1v) is 7.57. The predicted molar refractivity (Wildman–Crippen MR) is 86.0 cm³/mol. The van der Waals surface area contributed by atoms with E-state index in [1.807, 2.05) is 24.3 Å². The maximum Gasteiger partial charge on any atom is 0.142 e. The first kappa shape index (κ1) is 14.9. The molecule has 1 fully saturated rings. The summed E-state index contributed by atoms with van der Waals surface area (Å²) in [5.41, 5.74) is 1.05. The summed E-state index contributed by atoms with van der Waals surface area (Å²) in [6, 6.07) is 16.9. The van der Waals surface area contributed by atoms with Crippen molar-refractivity contribution in [1.29, 1.82) is 10.5 Å². The Balaban J connectivity index is 1.60. The Bertz CT molecular complexity index is 767. The van der Waals surface area contributed by atoms with E-state index in [-0.39, 0.29) is 6.10 Å². The second-order valence-electron chi connectivity index (χ2n) is 5.44. The smallest absolute Gasteiger partial charge is 0.142 e. The summed E-state index contributed by atoms with van der Waals surface area (Å²) in [4.78, 5) is 6.51. The van der Waals surface area contributed by atoms with Crippen molar-refractivity contribution in [2.75, 3.05) is 18.0 Å². The summed E-state index contributed by atoms with van der Waals surface area (Å²) in [6.45, 7) is 1.68. The number of nitrogens with zero attached hydrogens (tertiary/aromatic N) is 4. The fraction of sp³-hybridized carbons (Fsp3) is 0.278. The highest BCUT2D eigenvalue weighted by atomic mass is 16.5. The average molecular weight is 304 g/mol. The van der Waals surface area contributed by atoms with E-state index < -0.39 is 0 Å². The number of rotatable bonds is 3. The van der Waals surface area contributed by atoms with Crippen LogP contribution >= 0.6 is 0 Å². The summed E-state index contributed by atoms with van der Waals surface area (Å²) >= 11 is 0. The first-order chi connectivity index (χ1) is 11.3. The summed E-state index contributed by atoms with van der Waals surface area (Å²) in [5.74, 6) is 1.58. The van der Waals surface area contributed by atoms with Gasteiger partial charge in [0.25, 0.3) is 0 Å². The molecule has 0 bridgehead atoms. The largest absolute Gasteiger partial charge is 0.490 e. The number of anilines is 1. The molecule has 5 nitrogen and oxygen atoms in total. The molecule has 3 rings (SSSR count). The van der Waals surface area contributed by atoms with E-state index in [9.17, 15) is 0 Å². The van der Waals surface area contributed by atoms with Crippen LogP contribution in [-0.4, -0.2) is 24.2 Å². The van der Waals surface area contributed by atoms with E-state index in [0.717, 1.165) is 37.5 Å². The molecule has 0 unspecified atom stereocenters. The van der Waals surface area contributed by atoms with Gasteiger partial charge in [0.15, 0.2) is 0 Å². The van der Waals surface area contributed by atoms with Gasteiger partial charge in [-0.05, 0) is 30.3 Å². The number of piperidine rings is 1. The van der Waals surface area contributed by atoms with Gasteiger partial charge in [0.2, 0.25) is 0 Å². The van der Waals surface area contributed by atoms with Crippen LogP contribution in [0.5, 0.6) is 5.75 Å². The van der Waals surface area contributed by atoms with Gasteiger partial charge in [0.05, 0.1) is 11.6 Å². The molecule has 0 spiro atoms. The Kier molecular flexibility index (Phi) is 4.40. The molecular weight excluding hydrogens is 288 g/mol. The van der Waals surface area contributed by atoms with Gasteiger partial charge in [0.1, 0.15) is 29.4 Å². The summed E-state index contributed by atoms with van der Waals surface area (Å²) in [7, 11) is 0. The minimum absolute atomic E-state index is 0.138. The van der Waals surface area contributed by atoms with E-state index in [1.54, 1.807) is 18.2 Å². The molecule has 0 atom stereocenters. The molecule has 114 valence electrons. The standard InChI is InChI=1S/C18H16N4O/c19-12-14-3-1-5-17(11-14)23-16-7-9-22(10-8-16)18-6-2-4-15(13-20)21-18/h1-6,11,16H,7-10H2. The van der Waals surface area contributed by atoms with Gasteiger partial charge in [-0.2, -0.15) is 10.5 Å². The maximum absolute atomic E-state index is 8.94. The van der Waals surface area contributed by atoms with E-state index in [4.69, 9.17) is 15.3 Å². The van der Waals surface area contributed by atoms with E-state index in [0.29, 0.717) is 11.3 Å². The molecule has 5 heteroatoms. The van der Waals surface area contributed by atoms with Gasteiger partial charge in [-0.3, -0.25) is 0 Å². The lowest BCUT2D eigenvalue weighted by molar-refractivity contribution is 0.170. The van der Waals surface area contributed by atoms with Crippen LogP contribution in [0.3, 0.4) is 0 Å². The fourth-order valence-corrected chi connectivity index (χ4v) is 2.70. The number of aromatic nitrogens is 1. The topological polar surface area (TPSA) is 72.9 Å². The van der Waals surface area contributed by atoms with Gasteiger partial charge in [-0.25, -0.2) is 4.98 Å². The Morgan fingerprint density at radius 1 is 1.04 bits per heavy atom. The lowest BCUT2D eigenvalue weighted by atomic mass is 10.1. The number of nitriles is 2. The molecule has 1 aliphatic rings. The minimum Gasteiger partial charge on any atom is -0.490 e. The van der Waals surface area contributed by atoms with Crippen LogP contribution in [0.15, 0.2) is 42.5 Å². The van der Waals surface area contributed by atoms with Crippen LogP contribution in [0.2, 0.25) is 0 Å². The van der Waals surface area contributed by atoms with Gasteiger partial charge >= 0.3 is 0 Å². The Labute approximate surface area is 135 Å². The fourth-order valence-electron chi connectivity index (χ4n) is 2.70. The van der Waals surface area contributed by atoms with Crippen molar-refractivity contribution in [3.63, 3.8) is 0 Å². The monoisotopic (exact) mass is 304 g/mol. The van der Waals surface area contributed by atoms with Crippen LogP contribution in [-0.2, 0) is 0 Å². The molecule has 0 saturated carbocycles. The minimum atomic E-state index is 0.138. The van der Waals surface area contributed by atoms with Crippen molar-refractivity contribution in [3.8, 4) is 17.9 Å². The van der Waals surface area contributed by atoms with Crippen LogP contribution in [0.1, 0.15) is 24.1 Å². The average Bonchev–Trinajstić information content (AvgIpc) is 2.62. The third kappa shape index (κ3) is 3.59. The van der Waals surface area contributed by atoms with E-state index in [2.05, 4.69) is 22.0 Å². The zero-order valence-electron chi connectivity index (χ0n) is 12.6. The van der Waals surface area contributed by atoms with Crippen molar-refractivity contribution in [3.05, 3.63) is 53.7 Å². The molecule has 0 aliphatic carbocycles. The Morgan fingerprint density at radius 3 is 2.57 bits per heavy atom. The molecule has 1 saturated heterocycles. The van der Waals surface area contributed by atoms with Crippen LogP contribution < -0.4 is 9.64 Å². The number of benzene rings is 1. The Hall–Kier alpha value is -3.05. The maximum atomic E-state index is 8.94. The first-order valence-electron chi connectivity index (χ1n) is 7.57. The van der Waals surface area contributed by atoms with Crippen molar-refractivity contribution in [2.24, 2.45) is 0 Å². The second kappa shape index (κ2) is 6.81. The SMILES string of the molecule is N#Cc1cccc(OC2CCN(c3cccc(C#N)n3)CC2)c1. The highest BCUT2D eigenvalue weighted by Gasteiger charge is 2.21. The molecular formula is C18H16N4O. The zero-order chi connectivity index (χ0) is 16.1. The van der Waals surface area contributed by atoms with Crippen molar-refractivity contribution >= 4 is 5.82 Å². The van der Waals surface area contributed by atoms with Crippen molar-refractivity contribution in [1.82, 2.24) is 4.98 Å². The van der Waals surface area contributed by atoms with Crippen LogP contribution in [0.25, 0.3) is 0 Å². The molecule has 0 amide bonds. The summed E-state index contributed by atoms with van der Waals surface area (Å²) in [6.07, 6.45) is 1.91. The lowest BCUT2D eigenvalue weighted by Crippen LogP contribution is -2.38. The van der Waals surface area contributed by atoms with E-state index in [1.165, 1.54) is 0 Å². The number of ether oxygens (including phenoxy) is 1. The predicted octanol–water partition coefficient (Wildman–Crippen LogP) is 2.87. The molecule has 2 aromatic rings. The third-order valence-electron chi connectivity index (χ3n) is 3.88. The molecule has 0 radical (unpaired) electrons. The zero-order valence-corrected chi connectivity index (χ0v) is 12.6. The Morgan fingerprint density at radius 2 is 1.83 bits per heavy atom. The molecule has 1 aromatic heterocycles. The second-order valence-corrected chi connectivity index (χ2v) is 5.44. The third-order valence-corrected chi connectivity index (χ3v) is 3.88. The highest BCUT2D eigenvalue weighted by molar-refractivity contribution is 5.42. The van der Waals surface area contributed by atoms with Crippen LogP contribution in [0.4, 0.5) is 5.82 Å². The summed E-state index contributed by atoms with van der Waals surface area (Å²) < 4.78 is 5.98. The van der Waals surface area contributed by atoms with Crippen molar-refractivity contribution < 1.29 is 4.74 Å². The number of hydrogen-bond donors (Lipinski definition) is 0. The van der Waals surface area contributed by atoms with Crippen molar-refractivity contribution in [2.45, 2.75) is 18.9 Å². The molecule has 23 heavy (non-hydrogen) atoms. The molecule has 2 heterocycles. The lowest BCUT2D eigenvalue weighted by Gasteiger charge is -2.33. The van der Waals surface area contributed by atoms with Gasteiger partial charge < -0.3 is 9.64 Å². The highest BCUT2D eigenvalue weighted by Crippen LogP contribution is 2.22. The molecule has 1 aliphatic heterocycles. The van der Waals surface area contributed by atoms with E-state index >= 15 is 0 Å².